The van der Waals surface area contributed by atoms with Crippen LogP contribution in [0, 0.1) is 0 Å². The smallest absolute Gasteiger partial charge is 0.252 e. The maximum Gasteiger partial charge on any atom is 0.252 e. The third-order valence-electron chi connectivity index (χ3n) is 12.8. The lowest BCUT2D eigenvalue weighted by atomic mass is 9.34. The quantitative estimate of drug-likeness (QED) is 0.133. The van der Waals surface area contributed by atoms with Crippen LogP contribution in [0.4, 0.5) is 0 Å². The first kappa shape index (κ1) is 34.0. The van der Waals surface area contributed by atoms with Gasteiger partial charge in [0.1, 0.15) is 12.0 Å². The number of aldehydes is 1. The number of carbonyl (C=O) groups is 1. The lowest BCUT2D eigenvalue weighted by molar-refractivity contribution is 0.112. The molecule has 2 aliphatic rings. The van der Waals surface area contributed by atoms with E-state index in [0.717, 1.165) is 17.6 Å². The van der Waals surface area contributed by atoms with Crippen LogP contribution in [-0.2, 0) is 10.8 Å². The fraction of sp³-hybridized carbons (Fsp3) is 0.173. The second kappa shape index (κ2) is 11.6. The molecule has 0 N–H and O–H groups in total. The van der Waals surface area contributed by atoms with E-state index in [4.69, 9.17) is 4.74 Å². The number of aromatic nitrogens is 2. The van der Waals surface area contributed by atoms with Crippen molar-refractivity contribution in [3.05, 3.63) is 144 Å². The minimum absolute atomic E-state index is 0.00440. The van der Waals surface area contributed by atoms with Crippen molar-refractivity contribution in [2.24, 2.45) is 0 Å². The molecule has 5 heteroatoms. The average Bonchev–Trinajstić information content (AvgIpc) is 3.75. The number of benzene rings is 7. The lowest BCUT2D eigenvalue weighted by Gasteiger charge is -2.34. The van der Waals surface area contributed by atoms with E-state index in [0.29, 0.717) is 5.56 Å². The van der Waals surface area contributed by atoms with Crippen LogP contribution < -0.4 is 21.1 Å². The first-order valence-corrected chi connectivity index (χ1v) is 20.0. The highest BCUT2D eigenvalue weighted by Gasteiger charge is 2.41. The molecule has 0 unspecified atom stereocenters. The zero-order valence-electron chi connectivity index (χ0n) is 33.5. The molecular formula is C52H43BN2O2. The van der Waals surface area contributed by atoms with E-state index in [1.165, 1.54) is 99.2 Å². The molecule has 0 saturated carbocycles. The highest BCUT2D eigenvalue weighted by molar-refractivity contribution is 7.00. The first-order chi connectivity index (χ1) is 27.5. The second-order valence-electron chi connectivity index (χ2n) is 18.1. The fourth-order valence-electron chi connectivity index (χ4n) is 9.94. The van der Waals surface area contributed by atoms with Gasteiger partial charge in [-0.3, -0.25) is 4.79 Å². The van der Waals surface area contributed by atoms with Gasteiger partial charge in [-0.1, -0.05) is 120 Å². The van der Waals surface area contributed by atoms with Crippen molar-refractivity contribution >= 4 is 73.0 Å². The zero-order valence-corrected chi connectivity index (χ0v) is 33.5. The van der Waals surface area contributed by atoms with E-state index in [2.05, 4.69) is 166 Å². The van der Waals surface area contributed by atoms with Crippen molar-refractivity contribution in [3.8, 4) is 39.4 Å². The Kier molecular flexibility index (Phi) is 6.92. The van der Waals surface area contributed by atoms with E-state index in [-0.39, 0.29) is 17.5 Å². The number of ether oxygens (including phenoxy) is 1. The Hall–Kier alpha value is -6.33. The van der Waals surface area contributed by atoms with E-state index < -0.39 is 0 Å². The van der Waals surface area contributed by atoms with Crippen molar-refractivity contribution < 1.29 is 9.53 Å². The molecule has 9 aromatic rings. The van der Waals surface area contributed by atoms with Crippen molar-refractivity contribution in [2.75, 3.05) is 7.11 Å². The third-order valence-corrected chi connectivity index (χ3v) is 12.8. The Balaban J connectivity index is 1.29. The molecule has 2 aromatic heterocycles. The normalized spacial score (nSPS) is 13.2. The molecule has 11 rings (SSSR count). The third kappa shape index (κ3) is 4.66. The summed E-state index contributed by atoms with van der Waals surface area (Å²) in [4.78, 5) is 11.7. The number of hydrogen-bond donors (Lipinski definition) is 0. The summed E-state index contributed by atoms with van der Waals surface area (Å²) in [6.45, 7) is 13.8. The standard InChI is InChI=1S/C52H43BN2O2/c1-51(2,3)33-17-25-42-38(27-33)46-36(31-13-11-30(29-56)12-14-31)21-23-40-49(46)54(42)44-9-8-10-45-48(44)53(40)41-24-22-37(32-15-19-35(57-7)20-16-32)47-39-28-34(52(4,5)6)18-26-43(39)55(45)50(41)47/h8-29H,1-7H3. The predicted molar refractivity (Wildman–Crippen MR) is 240 cm³/mol. The van der Waals surface area contributed by atoms with Gasteiger partial charge in [-0.15, -0.1) is 0 Å². The lowest BCUT2D eigenvalue weighted by Crippen LogP contribution is -2.59. The van der Waals surface area contributed by atoms with Gasteiger partial charge in [-0.05, 0) is 109 Å². The number of carbonyl (C=O) groups excluding carboxylic acids is 1. The van der Waals surface area contributed by atoms with Crippen molar-refractivity contribution in [3.63, 3.8) is 0 Å². The minimum atomic E-state index is -0.0165. The molecule has 0 saturated heterocycles. The minimum Gasteiger partial charge on any atom is -0.497 e. The summed E-state index contributed by atoms with van der Waals surface area (Å²) in [5.74, 6) is 0.853. The van der Waals surface area contributed by atoms with Crippen LogP contribution in [-0.4, -0.2) is 29.2 Å². The molecule has 0 fully saturated rings. The van der Waals surface area contributed by atoms with Crippen molar-refractivity contribution in [1.29, 1.82) is 0 Å². The molecule has 0 radical (unpaired) electrons. The number of methoxy groups -OCH3 is 1. The van der Waals surface area contributed by atoms with Crippen LogP contribution in [0.5, 0.6) is 5.75 Å². The van der Waals surface area contributed by atoms with E-state index in [9.17, 15) is 4.79 Å². The molecule has 7 aromatic carbocycles. The van der Waals surface area contributed by atoms with E-state index >= 15 is 0 Å². The van der Waals surface area contributed by atoms with Crippen LogP contribution in [0.2, 0.25) is 0 Å². The molecule has 0 spiro atoms. The molecule has 0 atom stereocenters. The Morgan fingerprint density at radius 1 is 0.561 bits per heavy atom. The molecule has 57 heavy (non-hydrogen) atoms. The van der Waals surface area contributed by atoms with Gasteiger partial charge < -0.3 is 13.9 Å². The SMILES string of the molecule is COc1ccc(-c2ccc3c4c2c2cc(C(C)(C)C)ccc2n4-c2cccc4c2B3c2ccc(-c3ccc(C=O)cc3)c3c5cc(C(C)(C)C)ccc5n-4c23)cc1. The Labute approximate surface area is 333 Å². The fourth-order valence-corrected chi connectivity index (χ4v) is 9.94. The molecule has 2 aliphatic heterocycles. The Morgan fingerprint density at radius 2 is 1.04 bits per heavy atom. The van der Waals surface area contributed by atoms with Crippen LogP contribution in [0.25, 0.3) is 77.2 Å². The van der Waals surface area contributed by atoms with Gasteiger partial charge in [0.2, 0.25) is 0 Å². The first-order valence-electron chi connectivity index (χ1n) is 20.0. The summed E-state index contributed by atoms with van der Waals surface area (Å²) < 4.78 is 10.7. The monoisotopic (exact) mass is 738 g/mol. The molecular weight excluding hydrogens is 695 g/mol. The van der Waals surface area contributed by atoms with Gasteiger partial charge in [-0.25, -0.2) is 0 Å². The van der Waals surface area contributed by atoms with Crippen LogP contribution in [0.3, 0.4) is 0 Å². The van der Waals surface area contributed by atoms with Crippen LogP contribution in [0.15, 0.2) is 127 Å². The van der Waals surface area contributed by atoms with Crippen LogP contribution >= 0.6 is 0 Å². The van der Waals surface area contributed by atoms with E-state index in [1.807, 2.05) is 12.1 Å². The Morgan fingerprint density at radius 3 is 1.47 bits per heavy atom. The van der Waals surface area contributed by atoms with Gasteiger partial charge in [0.05, 0.1) is 18.1 Å². The highest BCUT2D eigenvalue weighted by Crippen LogP contribution is 2.45. The average molecular weight is 739 g/mol. The molecule has 276 valence electrons. The van der Waals surface area contributed by atoms with Gasteiger partial charge in [0.15, 0.2) is 0 Å². The van der Waals surface area contributed by atoms with Gasteiger partial charge in [0.25, 0.3) is 6.71 Å². The number of fused-ring (bicyclic) bond motifs is 10. The highest BCUT2D eigenvalue weighted by atomic mass is 16.5. The zero-order chi connectivity index (χ0) is 39.1. The maximum absolute atomic E-state index is 11.7. The van der Waals surface area contributed by atoms with Crippen molar-refractivity contribution in [2.45, 2.75) is 52.4 Å². The van der Waals surface area contributed by atoms with Gasteiger partial charge in [0, 0.05) is 49.5 Å². The maximum atomic E-state index is 11.7. The number of nitrogens with zero attached hydrogens (tertiary/aromatic N) is 2. The summed E-state index contributed by atoms with van der Waals surface area (Å²) in [5.41, 5.74) is 19.4. The van der Waals surface area contributed by atoms with Crippen molar-refractivity contribution in [1.82, 2.24) is 9.13 Å². The summed E-state index contributed by atoms with van der Waals surface area (Å²) in [6.07, 6.45) is 0.920. The number of rotatable bonds is 4. The molecule has 0 amide bonds. The predicted octanol–water partition coefficient (Wildman–Crippen LogP) is 10.8. The summed E-state index contributed by atoms with van der Waals surface area (Å²) in [7, 11) is 1.72. The largest absolute Gasteiger partial charge is 0.497 e. The Bertz CT molecular complexity index is 3190. The summed E-state index contributed by atoms with van der Waals surface area (Å²) in [6, 6.07) is 47.2. The summed E-state index contributed by atoms with van der Waals surface area (Å²) >= 11 is 0. The molecule has 0 bridgehead atoms. The number of hydrogen-bond acceptors (Lipinski definition) is 2. The molecule has 4 nitrogen and oxygen atoms in total. The molecule has 0 aliphatic carbocycles. The van der Waals surface area contributed by atoms with Gasteiger partial charge in [-0.2, -0.15) is 0 Å². The molecule has 4 heterocycles. The topological polar surface area (TPSA) is 36.2 Å². The van der Waals surface area contributed by atoms with E-state index in [1.54, 1.807) is 7.11 Å². The van der Waals surface area contributed by atoms with Gasteiger partial charge >= 0.3 is 0 Å². The second-order valence-corrected chi connectivity index (χ2v) is 18.1. The van der Waals surface area contributed by atoms with Crippen LogP contribution in [0.1, 0.15) is 63.0 Å². The summed E-state index contributed by atoms with van der Waals surface area (Å²) in [5, 5.41) is 5.08.